The average Bonchev–Trinajstić information content (AvgIpc) is 3.25. The van der Waals surface area contributed by atoms with Gasteiger partial charge in [-0.3, -0.25) is 9.59 Å². The fourth-order valence-corrected chi connectivity index (χ4v) is 4.50. The first-order valence-electron chi connectivity index (χ1n) is 8.67. The highest BCUT2D eigenvalue weighted by Gasteiger charge is 2.71. The molecule has 2 saturated heterocycles. The van der Waals surface area contributed by atoms with E-state index in [1.807, 2.05) is 42.5 Å². The van der Waals surface area contributed by atoms with Crippen LogP contribution in [0.5, 0.6) is 0 Å². The monoisotopic (exact) mass is 339 g/mol. The smallest absolute Gasteiger partial charge is 0.312 e. The lowest BCUT2D eigenvalue weighted by atomic mass is 9.74. The van der Waals surface area contributed by atoms with E-state index in [1.54, 1.807) is 17.9 Å². The van der Waals surface area contributed by atoms with E-state index in [0.29, 0.717) is 6.42 Å². The number of hydrogen-bond acceptors (Lipinski definition) is 4. The minimum absolute atomic E-state index is 0.0806. The Balaban J connectivity index is 1.79. The molecule has 5 atom stereocenters. The molecule has 25 heavy (non-hydrogen) atoms. The van der Waals surface area contributed by atoms with E-state index in [0.717, 1.165) is 5.69 Å². The van der Waals surface area contributed by atoms with E-state index in [-0.39, 0.29) is 24.5 Å². The molecule has 0 N–H and O–H groups in total. The Kier molecular flexibility index (Phi) is 3.76. The Labute approximate surface area is 146 Å². The number of benzene rings is 1. The summed E-state index contributed by atoms with van der Waals surface area (Å²) in [6, 6.07) is 9.30. The topological polar surface area (TPSA) is 55.8 Å². The van der Waals surface area contributed by atoms with Crippen molar-refractivity contribution in [1.82, 2.24) is 0 Å². The van der Waals surface area contributed by atoms with Crippen molar-refractivity contribution >= 4 is 17.6 Å². The van der Waals surface area contributed by atoms with Gasteiger partial charge in [0.25, 0.3) is 0 Å². The van der Waals surface area contributed by atoms with Crippen LogP contribution in [-0.2, 0) is 19.1 Å². The Morgan fingerprint density at radius 1 is 1.40 bits per heavy atom. The quantitative estimate of drug-likeness (QED) is 0.611. The molecule has 1 spiro atoms. The molecule has 4 rings (SSSR count). The predicted molar refractivity (Wildman–Crippen MR) is 92.9 cm³/mol. The Bertz CT molecular complexity index is 743. The molecule has 1 aromatic carbocycles. The van der Waals surface area contributed by atoms with Gasteiger partial charge in [-0.2, -0.15) is 0 Å². The van der Waals surface area contributed by atoms with Gasteiger partial charge >= 0.3 is 5.97 Å². The molecule has 3 heterocycles. The van der Waals surface area contributed by atoms with Gasteiger partial charge < -0.3 is 14.4 Å². The van der Waals surface area contributed by atoms with Crippen LogP contribution in [0.1, 0.15) is 13.3 Å². The molecule has 0 aliphatic carbocycles. The maximum atomic E-state index is 13.3. The van der Waals surface area contributed by atoms with Gasteiger partial charge in [0.15, 0.2) is 0 Å². The third-order valence-corrected chi connectivity index (χ3v) is 5.40. The zero-order valence-corrected chi connectivity index (χ0v) is 14.1. The minimum Gasteiger partial charge on any atom is -0.466 e. The van der Waals surface area contributed by atoms with E-state index in [4.69, 9.17) is 9.47 Å². The van der Waals surface area contributed by atoms with Gasteiger partial charge in [0.2, 0.25) is 5.91 Å². The Morgan fingerprint density at radius 2 is 2.16 bits per heavy atom. The molecule has 0 saturated carbocycles. The van der Waals surface area contributed by atoms with Gasteiger partial charge in [-0.05, 0) is 25.5 Å². The number of carbonyl (C=O) groups excluding carboxylic acids is 2. The lowest BCUT2D eigenvalue weighted by Gasteiger charge is -2.32. The van der Waals surface area contributed by atoms with Gasteiger partial charge in [-0.1, -0.05) is 36.4 Å². The maximum absolute atomic E-state index is 13.3. The minimum atomic E-state index is -0.788. The second-order valence-corrected chi connectivity index (χ2v) is 6.63. The van der Waals surface area contributed by atoms with Gasteiger partial charge in [0.05, 0.1) is 24.7 Å². The van der Waals surface area contributed by atoms with Gasteiger partial charge in [0.1, 0.15) is 11.5 Å². The number of esters is 1. The number of nitrogens with zero attached hydrogens (tertiary/aromatic N) is 1. The highest BCUT2D eigenvalue weighted by molar-refractivity contribution is 6.03. The summed E-state index contributed by atoms with van der Waals surface area (Å²) in [6.45, 7) is 5.90. The van der Waals surface area contributed by atoms with E-state index >= 15 is 0 Å². The molecule has 0 radical (unpaired) electrons. The summed E-state index contributed by atoms with van der Waals surface area (Å²) in [5.41, 5.74) is 0.0228. The van der Waals surface area contributed by atoms with Crippen molar-refractivity contribution in [2.45, 2.75) is 31.1 Å². The number of fused-ring (bicyclic) bond motifs is 1. The summed E-state index contributed by atoms with van der Waals surface area (Å²) in [7, 11) is 0. The van der Waals surface area contributed by atoms with Crippen LogP contribution in [0.3, 0.4) is 0 Å². The Hall–Kier alpha value is -2.40. The summed E-state index contributed by atoms with van der Waals surface area (Å²) < 4.78 is 11.5. The molecule has 5 heteroatoms. The number of amides is 1. The fraction of sp³-hybridized carbons (Fsp3) is 0.400. The average molecular weight is 339 g/mol. The van der Waals surface area contributed by atoms with Crippen molar-refractivity contribution in [2.75, 3.05) is 11.5 Å². The molecule has 3 aliphatic rings. The van der Waals surface area contributed by atoms with Crippen LogP contribution in [-0.4, -0.2) is 36.2 Å². The van der Waals surface area contributed by atoms with Crippen LogP contribution in [0.15, 0.2) is 55.1 Å². The van der Waals surface area contributed by atoms with E-state index < -0.39 is 23.5 Å². The summed E-state index contributed by atoms with van der Waals surface area (Å²) >= 11 is 0. The normalized spacial score (nSPS) is 35.1. The number of hydrogen-bond donors (Lipinski definition) is 0. The summed E-state index contributed by atoms with van der Waals surface area (Å²) in [5, 5.41) is 0. The second kappa shape index (κ2) is 5.85. The van der Waals surface area contributed by atoms with Crippen LogP contribution in [0, 0.1) is 11.8 Å². The lowest BCUT2D eigenvalue weighted by Crippen LogP contribution is -2.45. The van der Waals surface area contributed by atoms with Crippen molar-refractivity contribution in [1.29, 1.82) is 0 Å². The van der Waals surface area contributed by atoms with Crippen molar-refractivity contribution in [2.24, 2.45) is 11.8 Å². The molecule has 0 aromatic heterocycles. The van der Waals surface area contributed by atoms with Gasteiger partial charge in [-0.25, -0.2) is 0 Å². The van der Waals surface area contributed by atoms with Crippen LogP contribution in [0.4, 0.5) is 5.69 Å². The zero-order chi connectivity index (χ0) is 17.6. The van der Waals surface area contributed by atoms with Crippen molar-refractivity contribution in [3.05, 3.63) is 55.1 Å². The van der Waals surface area contributed by atoms with Crippen molar-refractivity contribution < 1.29 is 19.1 Å². The molecule has 2 bridgehead atoms. The molecule has 5 nitrogen and oxygen atoms in total. The van der Waals surface area contributed by atoms with Crippen LogP contribution < -0.4 is 4.90 Å². The van der Waals surface area contributed by atoms with Crippen LogP contribution >= 0.6 is 0 Å². The number of anilines is 1. The second-order valence-electron chi connectivity index (χ2n) is 6.63. The highest BCUT2D eigenvalue weighted by Crippen LogP contribution is 2.56. The largest absolute Gasteiger partial charge is 0.466 e. The first kappa shape index (κ1) is 16.1. The summed E-state index contributed by atoms with van der Waals surface area (Å²) in [6.07, 6.45) is 5.86. The molecule has 0 unspecified atom stereocenters. The lowest BCUT2D eigenvalue weighted by molar-refractivity contribution is -0.151. The number of carbonyl (C=O) groups is 2. The first-order valence-corrected chi connectivity index (χ1v) is 8.67. The van der Waals surface area contributed by atoms with Crippen molar-refractivity contribution in [3.63, 3.8) is 0 Å². The zero-order valence-electron chi connectivity index (χ0n) is 14.1. The van der Waals surface area contributed by atoms with Crippen LogP contribution in [0.2, 0.25) is 0 Å². The van der Waals surface area contributed by atoms with Gasteiger partial charge in [-0.15, -0.1) is 6.58 Å². The molecule has 3 aliphatic heterocycles. The van der Waals surface area contributed by atoms with E-state index in [1.165, 1.54) is 0 Å². The molecule has 130 valence electrons. The third-order valence-electron chi connectivity index (χ3n) is 5.40. The fourth-order valence-electron chi connectivity index (χ4n) is 4.50. The number of rotatable bonds is 5. The molecule has 1 amide bonds. The Morgan fingerprint density at radius 3 is 2.84 bits per heavy atom. The van der Waals surface area contributed by atoms with Crippen LogP contribution in [0.25, 0.3) is 0 Å². The predicted octanol–water partition coefficient (Wildman–Crippen LogP) is 2.48. The summed E-state index contributed by atoms with van der Waals surface area (Å²) in [4.78, 5) is 27.6. The van der Waals surface area contributed by atoms with E-state index in [2.05, 4.69) is 6.58 Å². The molecular weight excluding hydrogens is 318 g/mol. The van der Waals surface area contributed by atoms with Crippen molar-refractivity contribution in [3.8, 4) is 0 Å². The first-order chi connectivity index (χ1) is 12.1. The number of ether oxygens (including phenoxy) is 2. The maximum Gasteiger partial charge on any atom is 0.312 e. The standard InChI is InChI=1S/C20H21NO4/c1-3-8-15-20-12-11-14(25-20)16(19(23)24-4-2)17(20)18(22)21(15)13-9-6-5-7-10-13/h3,5-7,9-12,14-17H,1,4,8H2,2H3/t14-,15+,16-,17+,20-/m1/s1. The third kappa shape index (κ3) is 2.12. The molecular formula is C20H21NO4. The number of para-hydroxylation sites is 1. The SMILES string of the molecule is C=CC[C@@H]1N(c2ccccc2)C(=O)[C@@H]2[C@H](C(=O)OCC)[C@H]3C=C[C@]21O3. The van der Waals surface area contributed by atoms with E-state index in [9.17, 15) is 9.59 Å². The molecule has 1 aromatic rings. The highest BCUT2D eigenvalue weighted by atomic mass is 16.6. The van der Waals surface area contributed by atoms with Gasteiger partial charge in [0, 0.05) is 5.69 Å². The summed E-state index contributed by atoms with van der Waals surface area (Å²) in [5.74, 6) is -1.57. The molecule has 2 fully saturated rings.